The highest BCUT2D eigenvalue weighted by molar-refractivity contribution is 5.65. The van der Waals surface area contributed by atoms with Gasteiger partial charge in [-0.2, -0.15) is 5.26 Å². The van der Waals surface area contributed by atoms with Crippen molar-refractivity contribution in [1.29, 1.82) is 5.26 Å². The predicted octanol–water partition coefficient (Wildman–Crippen LogP) is 0.265. The van der Waals surface area contributed by atoms with E-state index >= 15 is 0 Å². The smallest absolute Gasteiger partial charge is 0.143 e. The summed E-state index contributed by atoms with van der Waals surface area (Å²) >= 11 is 0. The number of allylic oxidation sites excluding steroid dienone is 2. The molecular weight excluding hydrogens is 78.0 g/mol. The first-order chi connectivity index (χ1) is 2.91. The lowest BCUT2D eigenvalue weighted by Gasteiger charge is -1.49. The molecule has 0 aromatic carbocycles. The number of aldehydes is 1. The lowest BCUT2D eigenvalue weighted by molar-refractivity contribution is -0.104. The number of hydrogen-bond acceptors (Lipinski definition) is 2. The summed E-state index contributed by atoms with van der Waals surface area (Å²) in [7, 11) is 0. The summed E-state index contributed by atoms with van der Waals surface area (Å²) in [4.78, 5) is 9.33. The molecule has 0 saturated heterocycles. The lowest BCUT2D eigenvalue weighted by Crippen LogP contribution is -1.52. The molecule has 0 spiro atoms. The van der Waals surface area contributed by atoms with Crippen LogP contribution in [0.4, 0.5) is 0 Å². The van der Waals surface area contributed by atoms with Gasteiger partial charge in [0.15, 0.2) is 0 Å². The van der Waals surface area contributed by atoms with E-state index in [1.165, 1.54) is 0 Å². The number of nitrogens with zero attached hydrogens (tertiary/aromatic N) is 1. The first-order valence-electron chi connectivity index (χ1n) is 1.41. The standard InChI is InChI=1S/C4H3NO/c5-3-1-2-4-6/h1-2,4H. The minimum absolute atomic E-state index is 0.559. The largest absolute Gasteiger partial charge is 0.299 e. The summed E-state index contributed by atoms with van der Waals surface area (Å²) in [5.41, 5.74) is 0. The highest BCUT2D eigenvalue weighted by atomic mass is 16.1. The summed E-state index contributed by atoms with van der Waals surface area (Å²) in [5, 5.41) is 7.70. The molecule has 30 valence electrons. The van der Waals surface area contributed by atoms with Crippen LogP contribution in [0, 0.1) is 11.3 Å². The van der Waals surface area contributed by atoms with Gasteiger partial charge in [-0.25, -0.2) is 0 Å². The molecule has 6 heavy (non-hydrogen) atoms. The van der Waals surface area contributed by atoms with Gasteiger partial charge in [-0.1, -0.05) is 0 Å². The molecule has 0 aromatic rings. The van der Waals surface area contributed by atoms with Gasteiger partial charge in [-0.3, -0.25) is 4.79 Å². The Morgan fingerprint density at radius 2 is 2.33 bits per heavy atom. The summed E-state index contributed by atoms with van der Waals surface area (Å²) in [5.74, 6) is 0. The molecule has 0 saturated carbocycles. The van der Waals surface area contributed by atoms with Crippen LogP contribution in [0.25, 0.3) is 0 Å². The maximum Gasteiger partial charge on any atom is 0.143 e. The van der Waals surface area contributed by atoms with Crippen LogP contribution in [-0.4, -0.2) is 6.29 Å². The Morgan fingerprint density at radius 1 is 1.67 bits per heavy atom. The number of carbonyl (C=O) groups is 1. The van der Waals surface area contributed by atoms with E-state index in [1.54, 1.807) is 6.07 Å². The van der Waals surface area contributed by atoms with E-state index in [0.29, 0.717) is 6.29 Å². The Kier molecular flexibility index (Phi) is 3.19. The van der Waals surface area contributed by atoms with E-state index in [9.17, 15) is 4.79 Å². The number of nitriles is 1. The fourth-order valence-electron chi connectivity index (χ4n) is 0.0823. The van der Waals surface area contributed by atoms with Crippen molar-refractivity contribution in [3.8, 4) is 6.07 Å². The molecule has 0 amide bonds. The zero-order chi connectivity index (χ0) is 4.83. The van der Waals surface area contributed by atoms with E-state index in [-0.39, 0.29) is 0 Å². The number of rotatable bonds is 1. The van der Waals surface area contributed by atoms with Gasteiger partial charge in [-0.05, 0) is 6.08 Å². The van der Waals surface area contributed by atoms with Crippen LogP contribution < -0.4 is 0 Å². The first-order valence-corrected chi connectivity index (χ1v) is 1.41. The van der Waals surface area contributed by atoms with Gasteiger partial charge >= 0.3 is 0 Å². The molecule has 0 unspecified atom stereocenters. The van der Waals surface area contributed by atoms with Crippen LogP contribution >= 0.6 is 0 Å². The van der Waals surface area contributed by atoms with Crippen LogP contribution in [-0.2, 0) is 4.79 Å². The van der Waals surface area contributed by atoms with Crippen LogP contribution in [0.5, 0.6) is 0 Å². The monoisotopic (exact) mass is 81.0 g/mol. The van der Waals surface area contributed by atoms with E-state index in [0.717, 1.165) is 12.2 Å². The molecule has 2 nitrogen and oxygen atoms in total. The third-order valence-electron chi connectivity index (χ3n) is 0.249. The lowest BCUT2D eigenvalue weighted by atomic mass is 10.6. The Balaban J connectivity index is 3.26. The summed E-state index contributed by atoms with van der Waals surface area (Å²) < 4.78 is 0. The van der Waals surface area contributed by atoms with Crippen LogP contribution in [0.3, 0.4) is 0 Å². The van der Waals surface area contributed by atoms with Crippen molar-refractivity contribution in [2.75, 3.05) is 0 Å². The molecule has 0 aliphatic rings. The van der Waals surface area contributed by atoms with Gasteiger partial charge in [-0.15, -0.1) is 0 Å². The van der Waals surface area contributed by atoms with Gasteiger partial charge in [0.05, 0.1) is 6.07 Å². The number of carbonyl (C=O) groups excluding carboxylic acids is 1. The summed E-state index contributed by atoms with van der Waals surface area (Å²) in [6.07, 6.45) is 2.82. The van der Waals surface area contributed by atoms with Crippen LogP contribution in [0.15, 0.2) is 12.2 Å². The molecule has 0 aliphatic carbocycles. The molecule has 0 heterocycles. The minimum atomic E-state index is 0.559. The van der Waals surface area contributed by atoms with Crippen LogP contribution in [0.1, 0.15) is 0 Å². The van der Waals surface area contributed by atoms with Gasteiger partial charge in [0.25, 0.3) is 0 Å². The maximum absolute atomic E-state index is 9.33. The molecule has 2 heteroatoms. The summed E-state index contributed by atoms with van der Waals surface area (Å²) in [6.45, 7) is 0. The molecule has 0 bridgehead atoms. The number of hydrogen-bond donors (Lipinski definition) is 0. The van der Waals surface area contributed by atoms with Gasteiger partial charge in [0, 0.05) is 6.08 Å². The fourth-order valence-corrected chi connectivity index (χ4v) is 0.0823. The molecule has 0 radical (unpaired) electrons. The average molecular weight is 81.1 g/mol. The highest BCUT2D eigenvalue weighted by Gasteiger charge is 1.55. The Hall–Kier alpha value is -1.10. The molecular formula is C4H3NO. The SMILES string of the molecule is N#CC=CC=O. The highest BCUT2D eigenvalue weighted by Crippen LogP contribution is 1.56. The molecule has 0 aliphatic heterocycles. The topological polar surface area (TPSA) is 40.9 Å². The quantitative estimate of drug-likeness (QED) is 0.258. The molecule has 0 atom stereocenters. The third-order valence-corrected chi connectivity index (χ3v) is 0.249. The zero-order valence-electron chi connectivity index (χ0n) is 3.09. The normalized spacial score (nSPS) is 7.83. The van der Waals surface area contributed by atoms with Crippen LogP contribution in [0.2, 0.25) is 0 Å². The zero-order valence-corrected chi connectivity index (χ0v) is 3.09. The van der Waals surface area contributed by atoms with Gasteiger partial charge in [0.2, 0.25) is 0 Å². The fraction of sp³-hybridized carbons (Fsp3) is 0. The van der Waals surface area contributed by atoms with Gasteiger partial charge < -0.3 is 0 Å². The van der Waals surface area contributed by atoms with Crippen molar-refractivity contribution in [2.45, 2.75) is 0 Å². The van der Waals surface area contributed by atoms with Crippen molar-refractivity contribution >= 4 is 6.29 Å². The van der Waals surface area contributed by atoms with E-state index in [4.69, 9.17) is 5.26 Å². The van der Waals surface area contributed by atoms with E-state index in [2.05, 4.69) is 0 Å². The molecule has 0 aromatic heterocycles. The Bertz CT molecular complexity index is 98.6. The van der Waals surface area contributed by atoms with E-state index in [1.807, 2.05) is 0 Å². The van der Waals surface area contributed by atoms with Gasteiger partial charge in [0.1, 0.15) is 6.29 Å². The van der Waals surface area contributed by atoms with Crippen molar-refractivity contribution in [2.24, 2.45) is 0 Å². The Morgan fingerprint density at radius 3 is 2.50 bits per heavy atom. The third kappa shape index (κ3) is 2.90. The second-order valence-electron chi connectivity index (χ2n) is 0.624. The molecule has 0 N–H and O–H groups in total. The second kappa shape index (κ2) is 3.90. The molecule has 0 fully saturated rings. The second-order valence-corrected chi connectivity index (χ2v) is 0.624. The minimum Gasteiger partial charge on any atom is -0.299 e. The van der Waals surface area contributed by atoms with Crippen molar-refractivity contribution < 1.29 is 4.79 Å². The maximum atomic E-state index is 9.33. The Labute approximate surface area is 35.7 Å². The summed E-state index contributed by atoms with van der Waals surface area (Å²) in [6, 6.07) is 1.66. The first kappa shape index (κ1) is 4.90. The van der Waals surface area contributed by atoms with Crippen molar-refractivity contribution in [1.82, 2.24) is 0 Å². The van der Waals surface area contributed by atoms with Crippen molar-refractivity contribution in [3.05, 3.63) is 12.2 Å². The molecule has 0 rings (SSSR count). The van der Waals surface area contributed by atoms with Crippen molar-refractivity contribution in [3.63, 3.8) is 0 Å². The van der Waals surface area contributed by atoms with E-state index < -0.39 is 0 Å². The average Bonchev–Trinajstić information content (AvgIpc) is 1.61. The predicted molar refractivity (Wildman–Crippen MR) is 20.8 cm³/mol.